The van der Waals surface area contributed by atoms with Crippen molar-refractivity contribution in [3.63, 3.8) is 0 Å². The minimum absolute atomic E-state index is 0.806. The molecule has 1 saturated carbocycles. The van der Waals surface area contributed by atoms with Gasteiger partial charge in [0.15, 0.2) is 0 Å². The van der Waals surface area contributed by atoms with Gasteiger partial charge in [-0.2, -0.15) is 4.98 Å². The van der Waals surface area contributed by atoms with Crippen LogP contribution in [0.4, 0.5) is 6.01 Å². The van der Waals surface area contributed by atoms with Crippen molar-refractivity contribution in [2.24, 2.45) is 11.8 Å². The minimum atomic E-state index is 0.806. The Bertz CT molecular complexity index is 378. The van der Waals surface area contributed by atoms with E-state index in [4.69, 9.17) is 4.42 Å². The first-order chi connectivity index (χ1) is 8.85. The molecule has 1 aliphatic carbocycles. The van der Waals surface area contributed by atoms with Crippen LogP contribution in [0.1, 0.15) is 38.3 Å². The van der Waals surface area contributed by atoms with Crippen LogP contribution in [-0.2, 0) is 6.54 Å². The predicted molar refractivity (Wildman–Crippen MR) is 71.5 cm³/mol. The third kappa shape index (κ3) is 2.53. The Labute approximate surface area is 109 Å². The fourth-order valence-corrected chi connectivity index (χ4v) is 3.36. The second-order valence-electron chi connectivity index (χ2n) is 5.71. The summed E-state index contributed by atoms with van der Waals surface area (Å²) in [5, 5.41) is 3.28. The summed E-state index contributed by atoms with van der Waals surface area (Å²) in [6.07, 6.45) is 7.40. The van der Waals surface area contributed by atoms with E-state index in [0.29, 0.717) is 0 Å². The molecular weight excluding hydrogens is 226 g/mol. The number of piperidine rings is 1. The Hall–Kier alpha value is -1.03. The first-order valence-corrected chi connectivity index (χ1v) is 7.25. The smallest absolute Gasteiger partial charge is 0.297 e. The zero-order valence-electron chi connectivity index (χ0n) is 11.2. The molecule has 2 heterocycles. The molecule has 100 valence electrons. The molecule has 3 rings (SSSR count). The summed E-state index contributed by atoms with van der Waals surface area (Å²) in [4.78, 5) is 6.95. The second kappa shape index (κ2) is 5.31. The highest BCUT2D eigenvalue weighted by Gasteiger charge is 2.32. The number of hydrogen-bond acceptors (Lipinski definition) is 4. The van der Waals surface area contributed by atoms with E-state index in [2.05, 4.69) is 22.1 Å². The van der Waals surface area contributed by atoms with Gasteiger partial charge in [0.2, 0.25) is 0 Å². The molecule has 2 atom stereocenters. The average Bonchev–Trinajstić information content (AvgIpc) is 2.84. The molecular formula is C14H23N3O. The third-order valence-corrected chi connectivity index (χ3v) is 4.21. The van der Waals surface area contributed by atoms with Crippen molar-refractivity contribution < 1.29 is 4.42 Å². The lowest BCUT2D eigenvalue weighted by molar-refractivity contribution is 0.225. The Balaban J connectivity index is 1.65. The van der Waals surface area contributed by atoms with Crippen LogP contribution in [0.25, 0.3) is 0 Å². The molecule has 4 nitrogen and oxygen atoms in total. The lowest BCUT2D eigenvalue weighted by atomic mass is 9.78. The van der Waals surface area contributed by atoms with Gasteiger partial charge in [-0.15, -0.1) is 0 Å². The quantitative estimate of drug-likeness (QED) is 0.889. The maximum absolute atomic E-state index is 5.64. The van der Waals surface area contributed by atoms with Crippen LogP contribution >= 0.6 is 0 Å². The lowest BCUT2D eigenvalue weighted by Gasteiger charge is -2.40. The lowest BCUT2D eigenvalue weighted by Crippen LogP contribution is -2.42. The number of aromatic nitrogens is 1. The van der Waals surface area contributed by atoms with Gasteiger partial charge in [-0.25, -0.2) is 0 Å². The van der Waals surface area contributed by atoms with Gasteiger partial charge in [-0.05, 0) is 37.6 Å². The van der Waals surface area contributed by atoms with Crippen LogP contribution in [0.5, 0.6) is 0 Å². The van der Waals surface area contributed by atoms with E-state index >= 15 is 0 Å². The summed E-state index contributed by atoms with van der Waals surface area (Å²) < 4.78 is 5.64. The van der Waals surface area contributed by atoms with E-state index in [-0.39, 0.29) is 0 Å². The van der Waals surface area contributed by atoms with Crippen LogP contribution in [0.3, 0.4) is 0 Å². The zero-order chi connectivity index (χ0) is 12.4. The van der Waals surface area contributed by atoms with Crippen LogP contribution in [0.15, 0.2) is 10.7 Å². The molecule has 1 aromatic heterocycles. The number of hydrogen-bond donors (Lipinski definition) is 1. The molecule has 2 fully saturated rings. The second-order valence-corrected chi connectivity index (χ2v) is 5.71. The fourth-order valence-electron chi connectivity index (χ4n) is 3.36. The van der Waals surface area contributed by atoms with Gasteiger partial charge in [-0.3, -0.25) is 0 Å². The van der Waals surface area contributed by atoms with Crippen LogP contribution in [-0.4, -0.2) is 24.6 Å². The number of rotatable bonds is 4. The summed E-state index contributed by atoms with van der Waals surface area (Å²) >= 11 is 0. The van der Waals surface area contributed by atoms with Crippen molar-refractivity contribution in [2.75, 3.05) is 24.5 Å². The van der Waals surface area contributed by atoms with Crippen molar-refractivity contribution in [1.82, 2.24) is 10.3 Å². The Morgan fingerprint density at radius 1 is 1.39 bits per heavy atom. The van der Waals surface area contributed by atoms with Gasteiger partial charge in [0.1, 0.15) is 6.26 Å². The summed E-state index contributed by atoms with van der Waals surface area (Å²) in [7, 11) is 0. The zero-order valence-corrected chi connectivity index (χ0v) is 11.2. The molecule has 1 aromatic rings. The Morgan fingerprint density at radius 3 is 2.89 bits per heavy atom. The van der Waals surface area contributed by atoms with Crippen molar-refractivity contribution in [2.45, 2.75) is 39.2 Å². The van der Waals surface area contributed by atoms with Crippen molar-refractivity contribution >= 4 is 6.01 Å². The van der Waals surface area contributed by atoms with Crippen LogP contribution in [0, 0.1) is 11.8 Å². The monoisotopic (exact) mass is 249 g/mol. The van der Waals surface area contributed by atoms with E-state index in [1.54, 1.807) is 6.26 Å². The number of fused-ring (bicyclic) bond motifs is 2. The predicted octanol–water partition coefficient (Wildman–Crippen LogP) is 2.41. The van der Waals surface area contributed by atoms with Gasteiger partial charge in [0, 0.05) is 19.6 Å². The molecule has 1 saturated heterocycles. The highest BCUT2D eigenvalue weighted by molar-refractivity contribution is 5.28. The number of oxazole rings is 1. The van der Waals surface area contributed by atoms with E-state index < -0.39 is 0 Å². The van der Waals surface area contributed by atoms with E-state index in [1.165, 1.54) is 25.7 Å². The molecule has 18 heavy (non-hydrogen) atoms. The van der Waals surface area contributed by atoms with Crippen LogP contribution in [0.2, 0.25) is 0 Å². The fraction of sp³-hybridized carbons (Fsp3) is 0.786. The van der Waals surface area contributed by atoms with Gasteiger partial charge >= 0.3 is 0 Å². The maximum Gasteiger partial charge on any atom is 0.297 e. The highest BCUT2D eigenvalue weighted by Crippen LogP contribution is 2.35. The number of nitrogens with zero attached hydrogens (tertiary/aromatic N) is 2. The first-order valence-electron chi connectivity index (χ1n) is 7.25. The van der Waals surface area contributed by atoms with Crippen LogP contribution < -0.4 is 10.2 Å². The number of nitrogens with one attached hydrogen (secondary N) is 1. The third-order valence-electron chi connectivity index (χ3n) is 4.21. The van der Waals surface area contributed by atoms with Crippen molar-refractivity contribution in [3.05, 3.63) is 12.0 Å². The molecule has 0 spiro atoms. The molecule has 2 aliphatic rings. The molecule has 0 radical (unpaired) electrons. The van der Waals surface area contributed by atoms with Gasteiger partial charge in [0.25, 0.3) is 6.01 Å². The largest absolute Gasteiger partial charge is 0.432 e. The summed E-state index contributed by atoms with van der Waals surface area (Å²) in [6.45, 7) is 6.15. The number of anilines is 1. The van der Waals surface area contributed by atoms with Gasteiger partial charge in [-0.1, -0.05) is 13.3 Å². The summed E-state index contributed by atoms with van der Waals surface area (Å²) in [5.41, 5.74) is 1.02. The molecule has 2 unspecified atom stereocenters. The standard InChI is InChI=1S/C14H23N3O/c1-2-15-7-13-10-18-14(16-13)17-8-11-4-3-5-12(6-11)9-17/h10-12,15H,2-9H2,1H3. The maximum atomic E-state index is 5.64. The molecule has 0 amide bonds. The SMILES string of the molecule is CCNCc1coc(N2CC3CCCC(C3)C2)n1. The molecule has 1 N–H and O–H groups in total. The van der Waals surface area contributed by atoms with Crippen molar-refractivity contribution in [1.29, 1.82) is 0 Å². The van der Waals surface area contributed by atoms with E-state index in [0.717, 1.165) is 49.7 Å². The van der Waals surface area contributed by atoms with Crippen molar-refractivity contribution in [3.8, 4) is 0 Å². The summed E-state index contributed by atoms with van der Waals surface area (Å²) in [6, 6.07) is 0.833. The Morgan fingerprint density at radius 2 is 2.17 bits per heavy atom. The molecule has 0 aromatic carbocycles. The minimum Gasteiger partial charge on any atom is -0.432 e. The highest BCUT2D eigenvalue weighted by atomic mass is 16.4. The Kier molecular flexibility index (Phi) is 3.55. The topological polar surface area (TPSA) is 41.3 Å². The molecule has 4 heteroatoms. The van der Waals surface area contributed by atoms with Gasteiger partial charge in [0.05, 0.1) is 5.69 Å². The molecule has 2 bridgehead atoms. The van der Waals surface area contributed by atoms with E-state index in [9.17, 15) is 0 Å². The molecule has 1 aliphatic heterocycles. The van der Waals surface area contributed by atoms with Gasteiger partial charge < -0.3 is 14.6 Å². The van der Waals surface area contributed by atoms with E-state index in [1.807, 2.05) is 0 Å². The normalized spacial score (nSPS) is 27.5. The first kappa shape index (κ1) is 12.0. The summed E-state index contributed by atoms with van der Waals surface area (Å²) in [5.74, 6) is 1.73. The average molecular weight is 249 g/mol.